The summed E-state index contributed by atoms with van der Waals surface area (Å²) < 4.78 is 0. The maximum Gasteiger partial charge on any atom is 0.223 e. The van der Waals surface area contributed by atoms with Crippen LogP contribution in [0.4, 0.5) is 0 Å². The highest BCUT2D eigenvalue weighted by Crippen LogP contribution is 2.24. The summed E-state index contributed by atoms with van der Waals surface area (Å²) in [6.07, 6.45) is 6.75. The monoisotopic (exact) mass is 317 g/mol. The topological polar surface area (TPSA) is 44.4 Å². The highest BCUT2D eigenvalue weighted by molar-refractivity contribution is 5.78. The average molecular weight is 318 g/mol. The van der Waals surface area contributed by atoms with E-state index in [0.29, 0.717) is 6.04 Å². The van der Waals surface area contributed by atoms with Crippen LogP contribution in [0.25, 0.3) is 0 Å². The van der Waals surface area contributed by atoms with Crippen molar-refractivity contribution in [2.24, 2.45) is 5.92 Å². The maximum atomic E-state index is 12.1. The quantitative estimate of drug-likeness (QED) is 0.720. The van der Waals surface area contributed by atoms with Gasteiger partial charge in [-0.05, 0) is 52.2 Å². The number of rotatable bonds is 8. The molecule has 0 spiro atoms. The molecule has 22 heavy (non-hydrogen) atoms. The van der Waals surface area contributed by atoms with Gasteiger partial charge in [0.2, 0.25) is 5.91 Å². The van der Waals surface area contributed by atoms with Crippen molar-refractivity contribution in [2.45, 2.75) is 72.3 Å². The van der Waals surface area contributed by atoms with Gasteiger partial charge in [0.05, 0.1) is 0 Å². The van der Waals surface area contributed by atoms with Crippen LogP contribution in [-0.4, -0.2) is 50.1 Å². The summed E-state index contributed by atoms with van der Waals surface area (Å²) in [5, 5.41) is 6.41. The van der Waals surface area contributed by atoms with Gasteiger partial charge in [0.25, 0.3) is 0 Å². The zero-order valence-electron chi connectivity index (χ0n) is 15.6. The Morgan fingerprint density at radius 2 is 1.68 bits per heavy atom. The maximum absolute atomic E-state index is 12.1. The summed E-state index contributed by atoms with van der Waals surface area (Å²) in [6, 6.07) is 0.615. The van der Waals surface area contributed by atoms with Crippen LogP contribution in [0.15, 0.2) is 0 Å². The van der Waals surface area contributed by atoms with E-state index in [9.17, 15) is 4.79 Å². The number of nitrogens with one attached hydrogen (secondary N) is 2. The second-order valence-corrected chi connectivity index (χ2v) is 6.27. The molecule has 0 heterocycles. The van der Waals surface area contributed by atoms with Gasteiger partial charge in [-0.15, -0.1) is 0 Å². The van der Waals surface area contributed by atoms with Gasteiger partial charge in [0.15, 0.2) is 0 Å². The molecule has 4 nitrogen and oxygen atoms in total. The lowest BCUT2D eigenvalue weighted by atomic mass is 9.85. The Morgan fingerprint density at radius 3 is 2.14 bits per heavy atom. The zero-order chi connectivity index (χ0) is 16.8. The lowest BCUT2D eigenvalue weighted by Crippen LogP contribution is -2.40. The smallest absolute Gasteiger partial charge is 0.223 e. The number of hydrogen-bond acceptors (Lipinski definition) is 3. The van der Waals surface area contributed by atoms with Gasteiger partial charge < -0.3 is 15.5 Å². The lowest BCUT2D eigenvalue weighted by molar-refractivity contribution is -0.126. The molecule has 136 valence electrons. The molecule has 4 heteroatoms. The minimum atomic E-state index is 0. The molecule has 1 amide bonds. The van der Waals surface area contributed by atoms with Crippen LogP contribution in [0.3, 0.4) is 0 Å². The minimum Gasteiger partial charge on any atom is -0.355 e. The van der Waals surface area contributed by atoms with Crippen LogP contribution in [-0.2, 0) is 4.79 Å². The lowest BCUT2D eigenvalue weighted by Gasteiger charge is -2.27. The Bertz CT molecular complexity index is 273. The summed E-state index contributed by atoms with van der Waals surface area (Å²) in [6.45, 7) is 12.6. The third kappa shape index (κ3) is 9.42. The number of amides is 1. The van der Waals surface area contributed by atoms with Crippen LogP contribution < -0.4 is 10.6 Å². The van der Waals surface area contributed by atoms with E-state index in [0.717, 1.165) is 51.9 Å². The molecule has 0 atom stereocenters. The predicted octanol–water partition coefficient (Wildman–Crippen LogP) is 3.52. The Labute approximate surface area is 141 Å². The Kier molecular flexibility index (Phi) is 13.6. The molecule has 0 aromatic heterocycles. The Hall–Kier alpha value is -0.610. The van der Waals surface area contributed by atoms with E-state index in [4.69, 9.17) is 0 Å². The van der Waals surface area contributed by atoms with Gasteiger partial charge in [-0.3, -0.25) is 4.79 Å². The molecule has 1 aliphatic rings. The van der Waals surface area contributed by atoms with E-state index in [-0.39, 0.29) is 14.7 Å². The molecule has 1 saturated carbocycles. The normalized spacial score (nSPS) is 21.2. The molecule has 1 fully saturated rings. The molecular weight excluding hydrogens is 274 g/mol. The summed E-state index contributed by atoms with van der Waals surface area (Å²) >= 11 is 0. The summed E-state index contributed by atoms with van der Waals surface area (Å²) in [7, 11) is 2.01. The molecule has 1 rings (SSSR count). The molecular formula is C18H43N3O. The second kappa shape index (κ2) is 14.0. The van der Waals surface area contributed by atoms with Gasteiger partial charge >= 0.3 is 0 Å². The van der Waals surface area contributed by atoms with Crippen molar-refractivity contribution in [3.63, 3.8) is 0 Å². The highest BCUT2D eigenvalue weighted by atomic mass is 16.1. The fraction of sp³-hybridized carbons (Fsp3) is 0.944. The summed E-state index contributed by atoms with van der Waals surface area (Å²) in [5.41, 5.74) is 0. The number of carbonyl (C=O) groups excluding carboxylic acids is 1. The van der Waals surface area contributed by atoms with Gasteiger partial charge in [0.1, 0.15) is 0 Å². The van der Waals surface area contributed by atoms with Gasteiger partial charge in [-0.1, -0.05) is 34.1 Å². The average Bonchev–Trinajstić information content (AvgIpc) is 2.54. The van der Waals surface area contributed by atoms with Gasteiger partial charge in [-0.2, -0.15) is 0 Å². The van der Waals surface area contributed by atoms with E-state index in [1.807, 2.05) is 7.05 Å². The molecule has 0 saturated heterocycles. The number of likely N-dealkylation sites (N-methyl/N-ethyl adjacent to an activating group) is 1. The van der Waals surface area contributed by atoms with Crippen LogP contribution >= 0.6 is 0 Å². The largest absolute Gasteiger partial charge is 0.355 e. The first kappa shape index (κ1) is 21.4. The molecule has 0 bridgehead atoms. The Morgan fingerprint density at radius 1 is 1.09 bits per heavy atom. The van der Waals surface area contributed by atoms with Crippen molar-refractivity contribution >= 4 is 5.91 Å². The van der Waals surface area contributed by atoms with Crippen LogP contribution in [0.1, 0.15) is 69.1 Å². The fourth-order valence-electron chi connectivity index (χ4n) is 2.87. The van der Waals surface area contributed by atoms with Gasteiger partial charge in [0, 0.05) is 27.9 Å². The van der Waals surface area contributed by atoms with E-state index < -0.39 is 0 Å². The molecule has 0 radical (unpaired) electrons. The van der Waals surface area contributed by atoms with Crippen molar-refractivity contribution < 1.29 is 7.65 Å². The van der Waals surface area contributed by atoms with E-state index in [2.05, 4.69) is 43.2 Å². The van der Waals surface area contributed by atoms with Crippen LogP contribution in [0.5, 0.6) is 0 Å². The second-order valence-electron chi connectivity index (χ2n) is 6.27. The van der Waals surface area contributed by atoms with Crippen LogP contribution in [0, 0.1) is 5.92 Å². The van der Waals surface area contributed by atoms with E-state index >= 15 is 0 Å². The highest BCUT2D eigenvalue weighted by Gasteiger charge is 2.25. The molecule has 0 aromatic carbocycles. The standard InChI is InChI=1S/C15H31N3O.C3H8.2H2/c1-4-11-18(5-2)12-10-17-15(19)13-6-8-14(16-3)9-7-13;1-3-2;;/h13-14,16H,4-12H2,1-3H3,(H,17,19);3H2,1-2H3;2*1H. The Balaban J connectivity index is -0.000000818. The van der Waals surface area contributed by atoms with Crippen molar-refractivity contribution in [3.05, 3.63) is 0 Å². The first-order valence-electron chi connectivity index (χ1n) is 9.30. The van der Waals surface area contributed by atoms with Crippen molar-refractivity contribution in [1.29, 1.82) is 0 Å². The molecule has 0 aliphatic heterocycles. The zero-order valence-corrected chi connectivity index (χ0v) is 15.6. The number of nitrogens with zero attached hydrogens (tertiary/aromatic N) is 1. The van der Waals surface area contributed by atoms with Crippen LogP contribution in [0.2, 0.25) is 0 Å². The third-order valence-electron chi connectivity index (χ3n) is 4.22. The first-order chi connectivity index (χ1) is 10.6. The third-order valence-corrected chi connectivity index (χ3v) is 4.22. The molecule has 2 N–H and O–H groups in total. The molecule has 1 aliphatic carbocycles. The minimum absolute atomic E-state index is 0. The van der Waals surface area contributed by atoms with E-state index in [1.54, 1.807) is 0 Å². The first-order valence-corrected chi connectivity index (χ1v) is 9.30. The van der Waals surface area contributed by atoms with Crippen molar-refractivity contribution in [1.82, 2.24) is 15.5 Å². The molecule has 0 aromatic rings. The van der Waals surface area contributed by atoms with Crippen molar-refractivity contribution in [3.8, 4) is 0 Å². The van der Waals surface area contributed by atoms with E-state index in [1.165, 1.54) is 12.8 Å². The number of hydrogen-bond donors (Lipinski definition) is 2. The van der Waals surface area contributed by atoms with Crippen molar-refractivity contribution in [2.75, 3.05) is 33.2 Å². The van der Waals surface area contributed by atoms with Gasteiger partial charge in [-0.25, -0.2) is 0 Å². The SMILES string of the molecule is CCC.CCCN(CC)CCNC(=O)C1CCC(NC)CC1.[HH].[HH]. The number of carbonyl (C=O) groups is 1. The molecule has 0 unspecified atom stereocenters. The fourth-order valence-corrected chi connectivity index (χ4v) is 2.87. The summed E-state index contributed by atoms with van der Waals surface area (Å²) in [5.74, 6) is 0.507. The predicted molar refractivity (Wildman–Crippen MR) is 100 cm³/mol. The summed E-state index contributed by atoms with van der Waals surface area (Å²) in [4.78, 5) is 14.5.